The molecule has 0 aliphatic carbocycles. The minimum Gasteiger partial charge on any atom is -0.394 e. The Balaban J connectivity index is 2.39. The number of hydrogen-bond acceptors (Lipinski definition) is 3. The van der Waals surface area contributed by atoms with E-state index < -0.39 is 5.54 Å². The lowest BCUT2D eigenvalue weighted by Gasteiger charge is -2.23. The largest absolute Gasteiger partial charge is 0.394 e. The molecular weight excluding hydrogens is 240 g/mol. The van der Waals surface area contributed by atoms with Gasteiger partial charge in [-0.3, -0.25) is 9.78 Å². The summed E-state index contributed by atoms with van der Waals surface area (Å²) >= 11 is 0. The van der Waals surface area contributed by atoms with Crippen LogP contribution in [0.5, 0.6) is 0 Å². The number of pyridine rings is 1. The van der Waals surface area contributed by atoms with Crippen LogP contribution in [0, 0.1) is 6.92 Å². The minimum atomic E-state index is -0.644. The first-order chi connectivity index (χ1) is 8.93. The van der Waals surface area contributed by atoms with Crippen molar-refractivity contribution >= 4 is 16.8 Å². The van der Waals surface area contributed by atoms with Gasteiger partial charge in [0.2, 0.25) is 0 Å². The summed E-state index contributed by atoms with van der Waals surface area (Å²) in [7, 11) is 0. The number of nitrogens with one attached hydrogen (secondary N) is 1. The molecule has 0 bridgehead atoms. The summed E-state index contributed by atoms with van der Waals surface area (Å²) in [5.74, 6) is -0.213. The zero-order chi connectivity index (χ0) is 14.0. The molecule has 1 amide bonds. The molecule has 1 aromatic carbocycles. The lowest BCUT2D eigenvalue weighted by Crippen LogP contribution is -2.46. The number of aliphatic hydroxyl groups is 1. The summed E-state index contributed by atoms with van der Waals surface area (Å²) < 4.78 is 0. The zero-order valence-corrected chi connectivity index (χ0v) is 11.4. The topological polar surface area (TPSA) is 62.2 Å². The maximum atomic E-state index is 12.2. The first-order valence-electron chi connectivity index (χ1n) is 6.23. The van der Waals surface area contributed by atoms with Crippen molar-refractivity contribution in [2.45, 2.75) is 26.3 Å². The average Bonchev–Trinajstić information content (AvgIpc) is 2.37. The summed E-state index contributed by atoms with van der Waals surface area (Å²) in [4.78, 5) is 16.7. The summed E-state index contributed by atoms with van der Waals surface area (Å²) in [6.45, 7) is 5.25. The van der Waals surface area contributed by atoms with Crippen molar-refractivity contribution in [3.8, 4) is 0 Å². The summed E-state index contributed by atoms with van der Waals surface area (Å²) in [5.41, 5.74) is 1.46. The predicted octanol–water partition coefficient (Wildman–Crippen LogP) is 2.04. The van der Waals surface area contributed by atoms with Crippen LogP contribution in [0.3, 0.4) is 0 Å². The smallest absolute Gasteiger partial charge is 0.253 e. The molecule has 0 unspecified atom stereocenters. The van der Waals surface area contributed by atoms with Gasteiger partial charge in [-0.25, -0.2) is 0 Å². The van der Waals surface area contributed by atoms with E-state index in [4.69, 9.17) is 0 Å². The molecule has 1 aromatic heterocycles. The van der Waals surface area contributed by atoms with E-state index in [0.29, 0.717) is 11.3 Å². The number of carbonyl (C=O) groups excluding carboxylic acids is 1. The summed E-state index contributed by atoms with van der Waals surface area (Å²) in [5, 5.41) is 12.9. The van der Waals surface area contributed by atoms with Crippen molar-refractivity contribution in [3.05, 3.63) is 41.6 Å². The predicted molar refractivity (Wildman–Crippen MR) is 75.1 cm³/mol. The fraction of sp³-hybridized carbons (Fsp3) is 0.333. The number of aryl methyl sites for hydroxylation is 1. The van der Waals surface area contributed by atoms with Gasteiger partial charge in [0.15, 0.2) is 0 Å². The lowest BCUT2D eigenvalue weighted by atomic mass is 10.0. The first kappa shape index (κ1) is 13.5. The van der Waals surface area contributed by atoms with Crippen molar-refractivity contribution in [2.75, 3.05) is 6.61 Å². The van der Waals surface area contributed by atoms with E-state index in [1.165, 1.54) is 0 Å². The normalized spacial score (nSPS) is 11.6. The molecule has 0 fully saturated rings. The molecule has 0 aliphatic rings. The molecule has 100 valence electrons. The molecule has 0 atom stereocenters. The number of nitrogens with zero attached hydrogens (tertiary/aromatic N) is 1. The van der Waals surface area contributed by atoms with Crippen molar-refractivity contribution < 1.29 is 9.90 Å². The van der Waals surface area contributed by atoms with Crippen LogP contribution >= 0.6 is 0 Å². The maximum absolute atomic E-state index is 12.2. The summed E-state index contributed by atoms with van der Waals surface area (Å²) in [6, 6.07) is 9.51. The SMILES string of the molecule is Cc1nc2ccccc2cc1C(=O)NC(C)(C)CO. The molecule has 0 saturated carbocycles. The van der Waals surface area contributed by atoms with E-state index >= 15 is 0 Å². The molecule has 0 saturated heterocycles. The highest BCUT2D eigenvalue weighted by molar-refractivity contribution is 5.98. The number of rotatable bonds is 3. The second kappa shape index (κ2) is 4.97. The minimum absolute atomic E-state index is 0.112. The van der Waals surface area contributed by atoms with Crippen LogP contribution in [-0.4, -0.2) is 28.1 Å². The van der Waals surface area contributed by atoms with Gasteiger partial charge in [-0.05, 0) is 32.9 Å². The Morgan fingerprint density at radius 3 is 2.74 bits per heavy atom. The lowest BCUT2D eigenvalue weighted by molar-refractivity contribution is 0.0868. The number of hydrogen-bond donors (Lipinski definition) is 2. The number of fused-ring (bicyclic) bond motifs is 1. The molecule has 19 heavy (non-hydrogen) atoms. The molecule has 1 heterocycles. The number of carbonyl (C=O) groups is 1. The van der Waals surface area contributed by atoms with E-state index in [9.17, 15) is 9.90 Å². The fourth-order valence-electron chi connectivity index (χ4n) is 1.86. The van der Waals surface area contributed by atoms with Crippen LogP contribution in [0.1, 0.15) is 29.9 Å². The highest BCUT2D eigenvalue weighted by Gasteiger charge is 2.21. The number of para-hydroxylation sites is 1. The van der Waals surface area contributed by atoms with Crippen molar-refractivity contribution in [1.82, 2.24) is 10.3 Å². The Hall–Kier alpha value is -1.94. The third kappa shape index (κ3) is 2.90. The molecule has 2 aromatic rings. The summed E-state index contributed by atoms with van der Waals surface area (Å²) in [6.07, 6.45) is 0. The van der Waals surface area contributed by atoms with Gasteiger partial charge in [0, 0.05) is 5.39 Å². The third-order valence-electron chi connectivity index (χ3n) is 3.01. The van der Waals surface area contributed by atoms with Crippen LogP contribution in [0.4, 0.5) is 0 Å². The van der Waals surface area contributed by atoms with E-state index in [1.54, 1.807) is 13.8 Å². The number of benzene rings is 1. The molecule has 2 N–H and O–H groups in total. The maximum Gasteiger partial charge on any atom is 0.253 e. The third-order valence-corrected chi connectivity index (χ3v) is 3.01. The molecule has 0 aliphatic heterocycles. The molecule has 0 spiro atoms. The van der Waals surface area contributed by atoms with Gasteiger partial charge in [-0.15, -0.1) is 0 Å². The van der Waals surface area contributed by atoms with E-state index in [-0.39, 0.29) is 12.5 Å². The van der Waals surface area contributed by atoms with Crippen LogP contribution in [-0.2, 0) is 0 Å². The number of aliphatic hydroxyl groups excluding tert-OH is 1. The molecule has 4 heteroatoms. The highest BCUT2D eigenvalue weighted by atomic mass is 16.3. The molecule has 2 rings (SSSR count). The zero-order valence-electron chi connectivity index (χ0n) is 11.4. The Bertz CT molecular complexity index is 621. The van der Waals surface area contributed by atoms with Gasteiger partial charge < -0.3 is 10.4 Å². The number of aromatic nitrogens is 1. The molecular formula is C15H18N2O2. The van der Waals surface area contributed by atoms with Crippen LogP contribution < -0.4 is 5.32 Å². The molecule has 4 nitrogen and oxygen atoms in total. The first-order valence-corrected chi connectivity index (χ1v) is 6.23. The van der Waals surface area contributed by atoms with E-state index in [1.807, 2.05) is 37.3 Å². The van der Waals surface area contributed by atoms with Crippen molar-refractivity contribution in [3.63, 3.8) is 0 Å². The monoisotopic (exact) mass is 258 g/mol. The van der Waals surface area contributed by atoms with Gasteiger partial charge in [0.05, 0.1) is 28.9 Å². The van der Waals surface area contributed by atoms with Gasteiger partial charge in [0.25, 0.3) is 5.91 Å². The van der Waals surface area contributed by atoms with Gasteiger partial charge in [-0.2, -0.15) is 0 Å². The second-order valence-corrected chi connectivity index (χ2v) is 5.31. The van der Waals surface area contributed by atoms with Crippen molar-refractivity contribution in [2.24, 2.45) is 0 Å². The van der Waals surface area contributed by atoms with E-state index in [0.717, 1.165) is 10.9 Å². The van der Waals surface area contributed by atoms with Crippen LogP contribution in [0.2, 0.25) is 0 Å². The highest BCUT2D eigenvalue weighted by Crippen LogP contribution is 2.17. The van der Waals surface area contributed by atoms with Gasteiger partial charge in [-0.1, -0.05) is 18.2 Å². The van der Waals surface area contributed by atoms with Crippen LogP contribution in [0.15, 0.2) is 30.3 Å². The Kier molecular flexibility index (Phi) is 3.53. The molecule has 0 radical (unpaired) electrons. The number of amides is 1. The fourth-order valence-corrected chi connectivity index (χ4v) is 1.86. The Morgan fingerprint density at radius 2 is 2.05 bits per heavy atom. The standard InChI is InChI=1S/C15H18N2O2/c1-10-12(14(19)17-15(2,3)9-18)8-11-6-4-5-7-13(11)16-10/h4-8,18H,9H2,1-3H3,(H,17,19). The van der Waals surface area contributed by atoms with Gasteiger partial charge >= 0.3 is 0 Å². The van der Waals surface area contributed by atoms with Crippen LogP contribution in [0.25, 0.3) is 10.9 Å². The quantitative estimate of drug-likeness (QED) is 0.885. The Morgan fingerprint density at radius 1 is 1.37 bits per heavy atom. The average molecular weight is 258 g/mol. The second-order valence-electron chi connectivity index (χ2n) is 5.31. The Labute approximate surface area is 112 Å². The van der Waals surface area contributed by atoms with Crippen molar-refractivity contribution in [1.29, 1.82) is 0 Å². The van der Waals surface area contributed by atoms with Gasteiger partial charge in [0.1, 0.15) is 0 Å². The van der Waals surface area contributed by atoms with E-state index in [2.05, 4.69) is 10.3 Å².